The summed E-state index contributed by atoms with van der Waals surface area (Å²) in [5.74, 6) is 5.26. The molecule has 94 valence electrons. The van der Waals surface area contributed by atoms with E-state index < -0.39 is 10.0 Å². The SMILES string of the molecule is NNc1cccc(S(=O)(=O)N2CCOCC2)c1. The number of morpholine rings is 1. The van der Waals surface area contributed by atoms with Gasteiger partial charge in [0.25, 0.3) is 0 Å². The number of nitrogen functional groups attached to an aromatic ring is 1. The van der Waals surface area contributed by atoms with Crippen molar-refractivity contribution in [3.05, 3.63) is 24.3 Å². The third-order valence-electron chi connectivity index (χ3n) is 2.61. The molecule has 1 aliphatic rings. The maximum absolute atomic E-state index is 12.3. The van der Waals surface area contributed by atoms with Crippen molar-refractivity contribution in [1.82, 2.24) is 4.31 Å². The van der Waals surface area contributed by atoms with E-state index in [9.17, 15) is 8.42 Å². The summed E-state index contributed by atoms with van der Waals surface area (Å²) < 4.78 is 31.1. The minimum Gasteiger partial charge on any atom is -0.379 e. The van der Waals surface area contributed by atoms with Crippen molar-refractivity contribution >= 4 is 15.7 Å². The monoisotopic (exact) mass is 257 g/mol. The summed E-state index contributed by atoms with van der Waals surface area (Å²) in [5.41, 5.74) is 3.00. The van der Waals surface area contributed by atoms with Crippen molar-refractivity contribution in [1.29, 1.82) is 0 Å². The fourth-order valence-corrected chi connectivity index (χ4v) is 3.14. The first-order valence-corrected chi connectivity index (χ1v) is 6.73. The van der Waals surface area contributed by atoms with Crippen LogP contribution in [0, 0.1) is 0 Å². The smallest absolute Gasteiger partial charge is 0.243 e. The lowest BCUT2D eigenvalue weighted by molar-refractivity contribution is 0.0730. The topological polar surface area (TPSA) is 84.7 Å². The Labute approximate surface area is 100 Å². The van der Waals surface area contributed by atoms with Crippen LogP contribution < -0.4 is 11.3 Å². The van der Waals surface area contributed by atoms with Gasteiger partial charge in [0, 0.05) is 18.8 Å². The molecule has 2 rings (SSSR count). The number of ether oxygens (including phenoxy) is 1. The Kier molecular flexibility index (Phi) is 3.63. The fourth-order valence-electron chi connectivity index (χ4n) is 1.68. The second-order valence-corrected chi connectivity index (χ2v) is 5.63. The van der Waals surface area contributed by atoms with Gasteiger partial charge in [-0.3, -0.25) is 5.84 Å². The van der Waals surface area contributed by atoms with Gasteiger partial charge in [-0.1, -0.05) is 6.07 Å². The predicted molar refractivity (Wildman–Crippen MR) is 63.8 cm³/mol. The molecular formula is C10H15N3O3S. The second-order valence-electron chi connectivity index (χ2n) is 3.69. The number of hydrogen-bond donors (Lipinski definition) is 2. The lowest BCUT2D eigenvalue weighted by Crippen LogP contribution is -2.40. The highest BCUT2D eigenvalue weighted by atomic mass is 32.2. The van der Waals surface area contributed by atoms with Crippen molar-refractivity contribution in [2.24, 2.45) is 5.84 Å². The third-order valence-corrected chi connectivity index (χ3v) is 4.50. The lowest BCUT2D eigenvalue weighted by atomic mass is 10.3. The van der Waals surface area contributed by atoms with Crippen LogP contribution in [0.5, 0.6) is 0 Å². The largest absolute Gasteiger partial charge is 0.379 e. The van der Waals surface area contributed by atoms with E-state index in [0.29, 0.717) is 32.0 Å². The predicted octanol–water partition coefficient (Wildman–Crippen LogP) is -0.00690. The molecule has 1 aromatic rings. The summed E-state index contributed by atoms with van der Waals surface area (Å²) in [5, 5.41) is 0. The zero-order chi connectivity index (χ0) is 12.3. The minimum atomic E-state index is -3.44. The number of hydrogen-bond acceptors (Lipinski definition) is 5. The van der Waals surface area contributed by atoms with Gasteiger partial charge < -0.3 is 10.2 Å². The average molecular weight is 257 g/mol. The molecule has 6 nitrogen and oxygen atoms in total. The van der Waals surface area contributed by atoms with Crippen LogP contribution in [0.3, 0.4) is 0 Å². The number of rotatable bonds is 3. The zero-order valence-corrected chi connectivity index (χ0v) is 10.1. The van der Waals surface area contributed by atoms with Crippen molar-refractivity contribution in [2.45, 2.75) is 4.90 Å². The Morgan fingerprint density at radius 3 is 2.65 bits per heavy atom. The molecule has 0 atom stereocenters. The van der Waals surface area contributed by atoms with Gasteiger partial charge >= 0.3 is 0 Å². The summed E-state index contributed by atoms with van der Waals surface area (Å²) >= 11 is 0. The van der Waals surface area contributed by atoms with E-state index in [1.54, 1.807) is 18.2 Å². The Balaban J connectivity index is 2.29. The molecule has 1 aromatic carbocycles. The number of sulfonamides is 1. The van der Waals surface area contributed by atoms with Crippen LogP contribution in [0.1, 0.15) is 0 Å². The Morgan fingerprint density at radius 2 is 2.00 bits per heavy atom. The van der Waals surface area contributed by atoms with Crippen LogP contribution in [0.25, 0.3) is 0 Å². The van der Waals surface area contributed by atoms with Gasteiger partial charge in [-0.15, -0.1) is 0 Å². The minimum absolute atomic E-state index is 0.245. The summed E-state index contributed by atoms with van der Waals surface area (Å²) in [4.78, 5) is 0.245. The highest BCUT2D eigenvalue weighted by molar-refractivity contribution is 7.89. The maximum atomic E-state index is 12.3. The molecule has 0 saturated carbocycles. The van der Waals surface area contributed by atoms with Crippen LogP contribution in [0.4, 0.5) is 5.69 Å². The van der Waals surface area contributed by atoms with E-state index >= 15 is 0 Å². The third kappa shape index (κ3) is 2.58. The molecule has 0 aliphatic carbocycles. The van der Waals surface area contributed by atoms with Crippen molar-refractivity contribution < 1.29 is 13.2 Å². The van der Waals surface area contributed by atoms with Gasteiger partial charge in [0.05, 0.1) is 18.1 Å². The van der Waals surface area contributed by atoms with E-state index in [1.807, 2.05) is 0 Å². The molecule has 0 spiro atoms. The second kappa shape index (κ2) is 5.01. The number of benzene rings is 1. The van der Waals surface area contributed by atoms with E-state index in [1.165, 1.54) is 10.4 Å². The van der Waals surface area contributed by atoms with Gasteiger partial charge in [-0.05, 0) is 18.2 Å². The van der Waals surface area contributed by atoms with Crippen LogP contribution in [-0.2, 0) is 14.8 Å². The number of nitrogens with one attached hydrogen (secondary N) is 1. The van der Waals surface area contributed by atoms with Crippen molar-refractivity contribution in [3.63, 3.8) is 0 Å². The highest BCUT2D eigenvalue weighted by Gasteiger charge is 2.26. The number of anilines is 1. The molecule has 0 radical (unpaired) electrons. The van der Waals surface area contributed by atoms with Gasteiger partial charge in [0.2, 0.25) is 10.0 Å². The standard InChI is InChI=1S/C10H15N3O3S/c11-12-9-2-1-3-10(8-9)17(14,15)13-4-6-16-7-5-13/h1-3,8,12H,4-7,11H2. The van der Waals surface area contributed by atoms with Crippen LogP contribution in [-0.4, -0.2) is 39.0 Å². The van der Waals surface area contributed by atoms with Crippen molar-refractivity contribution in [2.75, 3.05) is 31.7 Å². The molecule has 7 heteroatoms. The van der Waals surface area contributed by atoms with Gasteiger partial charge in [0.1, 0.15) is 0 Å². The van der Waals surface area contributed by atoms with E-state index in [-0.39, 0.29) is 4.90 Å². The summed E-state index contributed by atoms with van der Waals surface area (Å²) in [6, 6.07) is 6.44. The van der Waals surface area contributed by atoms with Gasteiger partial charge in [0.15, 0.2) is 0 Å². The maximum Gasteiger partial charge on any atom is 0.243 e. The molecule has 0 bridgehead atoms. The molecule has 1 aliphatic heterocycles. The quantitative estimate of drug-likeness (QED) is 0.588. The van der Waals surface area contributed by atoms with E-state index in [4.69, 9.17) is 10.6 Å². The number of hydrazine groups is 1. The highest BCUT2D eigenvalue weighted by Crippen LogP contribution is 2.19. The van der Waals surface area contributed by atoms with E-state index in [2.05, 4.69) is 5.43 Å². The molecule has 1 saturated heterocycles. The summed E-state index contributed by atoms with van der Waals surface area (Å²) in [7, 11) is -3.44. The first kappa shape index (κ1) is 12.3. The van der Waals surface area contributed by atoms with Crippen LogP contribution in [0.15, 0.2) is 29.2 Å². The molecule has 3 N–H and O–H groups in total. The lowest BCUT2D eigenvalue weighted by Gasteiger charge is -2.26. The molecule has 17 heavy (non-hydrogen) atoms. The molecule has 1 fully saturated rings. The first-order chi connectivity index (χ1) is 8.14. The van der Waals surface area contributed by atoms with Crippen molar-refractivity contribution in [3.8, 4) is 0 Å². The molecule has 1 heterocycles. The fraction of sp³-hybridized carbons (Fsp3) is 0.400. The van der Waals surface area contributed by atoms with Crippen LogP contribution in [0.2, 0.25) is 0 Å². The molecular weight excluding hydrogens is 242 g/mol. The van der Waals surface area contributed by atoms with Crippen LogP contribution >= 0.6 is 0 Å². The summed E-state index contributed by atoms with van der Waals surface area (Å²) in [6.45, 7) is 1.66. The Hall–Kier alpha value is -1.15. The Morgan fingerprint density at radius 1 is 1.29 bits per heavy atom. The molecule has 0 unspecified atom stereocenters. The number of nitrogens with two attached hydrogens (primary N) is 1. The molecule has 0 amide bonds. The number of nitrogens with zero attached hydrogens (tertiary/aromatic N) is 1. The first-order valence-electron chi connectivity index (χ1n) is 5.29. The Bertz CT molecular complexity index is 483. The van der Waals surface area contributed by atoms with Gasteiger partial charge in [-0.25, -0.2) is 8.42 Å². The normalized spacial score (nSPS) is 17.9. The summed E-state index contributed by atoms with van der Waals surface area (Å²) in [6.07, 6.45) is 0. The van der Waals surface area contributed by atoms with E-state index in [0.717, 1.165) is 0 Å². The van der Waals surface area contributed by atoms with Gasteiger partial charge in [-0.2, -0.15) is 4.31 Å². The molecule has 0 aromatic heterocycles. The average Bonchev–Trinajstić information content (AvgIpc) is 2.40. The zero-order valence-electron chi connectivity index (χ0n) is 9.30.